The zero-order valence-corrected chi connectivity index (χ0v) is 11.4. The molecule has 0 aliphatic heterocycles. The van der Waals surface area contributed by atoms with Gasteiger partial charge in [0, 0.05) is 17.8 Å². The highest BCUT2D eigenvalue weighted by molar-refractivity contribution is 6.31. The minimum absolute atomic E-state index is 0.312. The third kappa shape index (κ3) is 3.25. The number of anilines is 1. The summed E-state index contributed by atoms with van der Waals surface area (Å²) < 4.78 is 26.3. The highest BCUT2D eigenvalue weighted by atomic mass is 35.5. The van der Waals surface area contributed by atoms with Crippen LogP contribution in [0.1, 0.15) is 24.1 Å². The standard InChI is InChI=1S/C15H11ClF2N2/c1-9(10-4-12(17)7-13(18)5-10)20-14-2-3-15(16)11(6-14)8-19/h2-7,9,20H,1H3. The summed E-state index contributed by atoms with van der Waals surface area (Å²) in [5, 5.41) is 12.3. The molecule has 0 amide bonds. The second kappa shape index (κ2) is 5.89. The van der Waals surface area contributed by atoms with E-state index in [0.717, 1.165) is 6.07 Å². The lowest BCUT2D eigenvalue weighted by Gasteiger charge is -2.16. The van der Waals surface area contributed by atoms with E-state index in [9.17, 15) is 8.78 Å². The van der Waals surface area contributed by atoms with E-state index in [1.54, 1.807) is 25.1 Å². The van der Waals surface area contributed by atoms with Gasteiger partial charge < -0.3 is 5.32 Å². The molecular weight excluding hydrogens is 282 g/mol. The molecule has 1 atom stereocenters. The van der Waals surface area contributed by atoms with E-state index in [-0.39, 0.29) is 6.04 Å². The highest BCUT2D eigenvalue weighted by Crippen LogP contribution is 2.24. The van der Waals surface area contributed by atoms with E-state index >= 15 is 0 Å². The Morgan fingerprint density at radius 1 is 1.15 bits per heavy atom. The van der Waals surface area contributed by atoms with Crippen molar-refractivity contribution in [3.63, 3.8) is 0 Å². The van der Waals surface area contributed by atoms with E-state index in [1.165, 1.54) is 12.1 Å². The van der Waals surface area contributed by atoms with Gasteiger partial charge in [0.15, 0.2) is 0 Å². The molecule has 0 bridgehead atoms. The first kappa shape index (κ1) is 14.3. The Morgan fingerprint density at radius 2 is 1.80 bits per heavy atom. The first-order chi connectivity index (χ1) is 9.49. The molecule has 0 saturated carbocycles. The number of nitriles is 1. The molecule has 0 aromatic heterocycles. The molecule has 0 fully saturated rings. The monoisotopic (exact) mass is 292 g/mol. The van der Waals surface area contributed by atoms with Gasteiger partial charge in [-0.2, -0.15) is 5.26 Å². The fraction of sp³-hybridized carbons (Fsp3) is 0.133. The molecule has 5 heteroatoms. The first-order valence-corrected chi connectivity index (χ1v) is 6.29. The van der Waals surface area contributed by atoms with Crippen molar-refractivity contribution in [2.24, 2.45) is 0 Å². The second-order valence-electron chi connectivity index (χ2n) is 4.38. The number of hydrogen-bond acceptors (Lipinski definition) is 2. The summed E-state index contributed by atoms with van der Waals surface area (Å²) in [6.45, 7) is 1.77. The Hall–Kier alpha value is -2.12. The number of benzene rings is 2. The summed E-state index contributed by atoms with van der Waals surface area (Å²) >= 11 is 5.84. The van der Waals surface area contributed by atoms with Crippen molar-refractivity contribution in [1.29, 1.82) is 5.26 Å². The summed E-state index contributed by atoms with van der Waals surface area (Å²) in [5.41, 5.74) is 1.48. The Labute approximate surface area is 120 Å². The van der Waals surface area contributed by atoms with Gasteiger partial charge in [0.1, 0.15) is 17.7 Å². The lowest BCUT2D eigenvalue weighted by atomic mass is 10.1. The van der Waals surface area contributed by atoms with Crippen LogP contribution in [0, 0.1) is 23.0 Å². The Bertz CT molecular complexity index is 660. The molecule has 2 aromatic carbocycles. The van der Waals surface area contributed by atoms with Crippen LogP contribution in [-0.2, 0) is 0 Å². The van der Waals surface area contributed by atoms with Crippen molar-refractivity contribution in [3.05, 3.63) is 64.2 Å². The molecule has 0 heterocycles. The van der Waals surface area contributed by atoms with Gasteiger partial charge in [0.25, 0.3) is 0 Å². The maximum absolute atomic E-state index is 13.2. The maximum Gasteiger partial charge on any atom is 0.126 e. The van der Waals surface area contributed by atoms with Crippen molar-refractivity contribution in [3.8, 4) is 6.07 Å². The van der Waals surface area contributed by atoms with Gasteiger partial charge in [-0.15, -0.1) is 0 Å². The molecule has 0 aliphatic carbocycles. The van der Waals surface area contributed by atoms with Gasteiger partial charge in [-0.1, -0.05) is 11.6 Å². The van der Waals surface area contributed by atoms with Crippen molar-refractivity contribution in [2.45, 2.75) is 13.0 Å². The Balaban J connectivity index is 2.23. The summed E-state index contributed by atoms with van der Waals surface area (Å²) in [6, 6.07) is 9.91. The van der Waals surface area contributed by atoms with Gasteiger partial charge in [-0.25, -0.2) is 8.78 Å². The van der Waals surface area contributed by atoms with Crippen LogP contribution in [0.5, 0.6) is 0 Å². The summed E-state index contributed by atoms with van der Waals surface area (Å²) in [6.07, 6.45) is 0. The molecule has 1 unspecified atom stereocenters. The number of nitrogens with one attached hydrogen (secondary N) is 1. The number of rotatable bonds is 3. The van der Waals surface area contributed by atoms with Crippen LogP contribution < -0.4 is 5.32 Å². The molecule has 2 rings (SSSR count). The van der Waals surface area contributed by atoms with Gasteiger partial charge in [-0.3, -0.25) is 0 Å². The molecule has 0 aliphatic rings. The van der Waals surface area contributed by atoms with Crippen LogP contribution in [0.2, 0.25) is 5.02 Å². The van der Waals surface area contributed by atoms with Crippen molar-refractivity contribution >= 4 is 17.3 Å². The Kier molecular flexibility index (Phi) is 4.21. The van der Waals surface area contributed by atoms with Crippen molar-refractivity contribution < 1.29 is 8.78 Å². The van der Waals surface area contributed by atoms with E-state index in [4.69, 9.17) is 16.9 Å². The highest BCUT2D eigenvalue weighted by Gasteiger charge is 2.10. The summed E-state index contributed by atoms with van der Waals surface area (Å²) in [7, 11) is 0. The van der Waals surface area contributed by atoms with Crippen molar-refractivity contribution in [1.82, 2.24) is 0 Å². The normalized spacial score (nSPS) is 11.8. The zero-order chi connectivity index (χ0) is 14.7. The fourth-order valence-electron chi connectivity index (χ4n) is 1.86. The lowest BCUT2D eigenvalue weighted by Crippen LogP contribution is -2.07. The maximum atomic E-state index is 13.2. The molecule has 0 saturated heterocycles. The van der Waals surface area contributed by atoms with E-state index in [2.05, 4.69) is 5.32 Å². The quantitative estimate of drug-likeness (QED) is 0.893. The molecule has 102 valence electrons. The topological polar surface area (TPSA) is 35.8 Å². The van der Waals surface area contributed by atoms with Crippen LogP contribution in [0.4, 0.5) is 14.5 Å². The van der Waals surface area contributed by atoms with Gasteiger partial charge >= 0.3 is 0 Å². The molecule has 20 heavy (non-hydrogen) atoms. The molecular formula is C15H11ClF2N2. The van der Waals surface area contributed by atoms with Crippen molar-refractivity contribution in [2.75, 3.05) is 5.32 Å². The average molecular weight is 293 g/mol. The molecule has 0 spiro atoms. The van der Waals surface area contributed by atoms with Gasteiger partial charge in [0.2, 0.25) is 0 Å². The van der Waals surface area contributed by atoms with E-state index in [1.807, 2.05) is 6.07 Å². The Morgan fingerprint density at radius 3 is 2.40 bits per heavy atom. The first-order valence-electron chi connectivity index (χ1n) is 5.92. The second-order valence-corrected chi connectivity index (χ2v) is 4.78. The third-order valence-corrected chi connectivity index (χ3v) is 3.18. The van der Waals surface area contributed by atoms with Crippen LogP contribution >= 0.6 is 11.6 Å². The predicted molar refractivity (Wildman–Crippen MR) is 74.6 cm³/mol. The minimum atomic E-state index is -0.623. The number of halogens is 3. The third-order valence-electron chi connectivity index (χ3n) is 2.85. The summed E-state index contributed by atoms with van der Waals surface area (Å²) in [4.78, 5) is 0. The van der Waals surface area contributed by atoms with Gasteiger partial charge in [-0.05, 0) is 42.8 Å². The van der Waals surface area contributed by atoms with Crippen LogP contribution in [0.15, 0.2) is 36.4 Å². The minimum Gasteiger partial charge on any atom is -0.378 e. The molecule has 1 N–H and O–H groups in total. The average Bonchev–Trinajstić information content (AvgIpc) is 2.39. The van der Waals surface area contributed by atoms with E-state index in [0.29, 0.717) is 21.8 Å². The molecule has 2 aromatic rings. The number of hydrogen-bond donors (Lipinski definition) is 1. The van der Waals surface area contributed by atoms with Crippen LogP contribution in [0.3, 0.4) is 0 Å². The lowest BCUT2D eigenvalue weighted by molar-refractivity contribution is 0.577. The van der Waals surface area contributed by atoms with E-state index < -0.39 is 11.6 Å². The fourth-order valence-corrected chi connectivity index (χ4v) is 2.02. The zero-order valence-electron chi connectivity index (χ0n) is 10.6. The number of nitrogens with zero attached hydrogens (tertiary/aromatic N) is 1. The molecule has 2 nitrogen and oxygen atoms in total. The smallest absolute Gasteiger partial charge is 0.126 e. The summed E-state index contributed by atoms with van der Waals surface area (Å²) in [5.74, 6) is -1.25. The van der Waals surface area contributed by atoms with Crippen LogP contribution in [-0.4, -0.2) is 0 Å². The SMILES string of the molecule is CC(Nc1ccc(Cl)c(C#N)c1)c1cc(F)cc(F)c1. The van der Waals surface area contributed by atoms with Gasteiger partial charge in [0.05, 0.1) is 10.6 Å². The predicted octanol–water partition coefficient (Wildman–Crippen LogP) is 4.66. The van der Waals surface area contributed by atoms with Crippen LogP contribution in [0.25, 0.3) is 0 Å². The molecule has 0 radical (unpaired) electrons. The largest absolute Gasteiger partial charge is 0.378 e.